The van der Waals surface area contributed by atoms with E-state index in [9.17, 15) is 4.79 Å². The fraction of sp³-hybridized carbons (Fsp3) is 0.391. The van der Waals surface area contributed by atoms with E-state index < -0.39 is 0 Å². The maximum absolute atomic E-state index is 13.6. The van der Waals surface area contributed by atoms with Gasteiger partial charge in [0.1, 0.15) is 5.82 Å². The van der Waals surface area contributed by atoms with Gasteiger partial charge in [-0.1, -0.05) is 12.1 Å². The van der Waals surface area contributed by atoms with Crippen LogP contribution in [0, 0.1) is 11.3 Å². The summed E-state index contributed by atoms with van der Waals surface area (Å²) in [5, 5.41) is 8.96. The fourth-order valence-electron chi connectivity index (χ4n) is 4.53. The molecule has 0 bridgehead atoms. The summed E-state index contributed by atoms with van der Waals surface area (Å²) in [6.07, 6.45) is 6.37. The summed E-state index contributed by atoms with van der Waals surface area (Å²) in [7, 11) is 0. The summed E-state index contributed by atoms with van der Waals surface area (Å²) in [6, 6.07) is 12.2. The monoisotopic (exact) mass is 416 g/mol. The van der Waals surface area contributed by atoms with Crippen molar-refractivity contribution in [2.75, 3.05) is 13.2 Å². The Balaban J connectivity index is 1.61. The normalized spacial score (nSPS) is 14.9. The second kappa shape index (κ2) is 8.36. The van der Waals surface area contributed by atoms with Crippen molar-refractivity contribution in [1.82, 2.24) is 23.7 Å². The molecule has 3 aromatic heterocycles. The number of fused-ring (bicyclic) bond motifs is 2. The van der Waals surface area contributed by atoms with Crippen LogP contribution in [-0.2, 0) is 17.8 Å². The molecule has 0 aliphatic carbocycles. The molecule has 1 aromatic carbocycles. The summed E-state index contributed by atoms with van der Waals surface area (Å²) < 4.78 is 11.3. The van der Waals surface area contributed by atoms with E-state index in [1.807, 2.05) is 34.9 Å². The Morgan fingerprint density at radius 3 is 2.77 bits per heavy atom. The molecule has 1 aliphatic heterocycles. The van der Waals surface area contributed by atoms with Crippen molar-refractivity contribution in [2.45, 2.75) is 44.8 Å². The molecule has 0 saturated carbocycles. The number of hydrogen-bond acceptors (Lipinski definition) is 5. The van der Waals surface area contributed by atoms with Crippen LogP contribution < -0.4 is 5.69 Å². The Hall–Kier alpha value is -3.44. The number of aromatic nitrogens is 5. The van der Waals surface area contributed by atoms with E-state index in [2.05, 4.69) is 15.6 Å². The standard InChI is InChI=1S/C23H24N6O2/c24-10-3-4-12-27-19-6-2-1-5-18(19)26-22(27)16-28-21-15-25-11-7-20(21)29(23(28)30)17-8-13-31-14-9-17/h1-2,5-7,11,15,17H,3-4,8-9,12-14,16H2. The van der Waals surface area contributed by atoms with Gasteiger partial charge in [0, 0.05) is 38.4 Å². The molecule has 0 unspecified atom stereocenters. The Kier molecular flexibility index (Phi) is 5.26. The molecule has 1 aliphatic rings. The Morgan fingerprint density at radius 2 is 1.94 bits per heavy atom. The van der Waals surface area contributed by atoms with E-state index in [0.29, 0.717) is 32.7 Å². The van der Waals surface area contributed by atoms with Crippen LogP contribution in [0.25, 0.3) is 22.1 Å². The lowest BCUT2D eigenvalue weighted by atomic mass is 10.1. The van der Waals surface area contributed by atoms with Crippen molar-refractivity contribution >= 4 is 22.1 Å². The Morgan fingerprint density at radius 1 is 1.10 bits per heavy atom. The lowest BCUT2D eigenvalue weighted by Gasteiger charge is -2.23. The molecule has 158 valence electrons. The van der Waals surface area contributed by atoms with Gasteiger partial charge in [0.2, 0.25) is 0 Å². The Bertz CT molecular complexity index is 1320. The molecular weight excluding hydrogens is 392 g/mol. The molecule has 0 atom stereocenters. The lowest BCUT2D eigenvalue weighted by molar-refractivity contribution is 0.0696. The van der Waals surface area contributed by atoms with Gasteiger partial charge in [0.15, 0.2) is 0 Å². The summed E-state index contributed by atoms with van der Waals surface area (Å²) in [5.41, 5.74) is 3.60. The van der Waals surface area contributed by atoms with Crippen LogP contribution >= 0.6 is 0 Å². The Labute approximate surface area is 179 Å². The van der Waals surface area contributed by atoms with Crippen LogP contribution in [0.15, 0.2) is 47.5 Å². The molecule has 0 spiro atoms. The van der Waals surface area contributed by atoms with Crippen LogP contribution in [0.3, 0.4) is 0 Å². The van der Waals surface area contributed by atoms with Crippen molar-refractivity contribution in [3.63, 3.8) is 0 Å². The number of hydrogen-bond donors (Lipinski definition) is 0. The van der Waals surface area contributed by atoms with Gasteiger partial charge in [0.05, 0.1) is 40.9 Å². The number of para-hydroxylation sites is 2. The van der Waals surface area contributed by atoms with Crippen molar-refractivity contribution in [3.8, 4) is 6.07 Å². The van der Waals surface area contributed by atoms with E-state index in [-0.39, 0.29) is 11.7 Å². The highest BCUT2D eigenvalue weighted by molar-refractivity contribution is 5.77. The lowest BCUT2D eigenvalue weighted by Crippen LogP contribution is -2.31. The van der Waals surface area contributed by atoms with E-state index in [1.54, 1.807) is 17.0 Å². The molecule has 8 nitrogen and oxygen atoms in total. The molecule has 8 heteroatoms. The van der Waals surface area contributed by atoms with Gasteiger partial charge in [-0.15, -0.1) is 0 Å². The SMILES string of the molecule is N#CCCCn1c(Cn2c(=O)n(C3CCOCC3)c3ccncc32)nc2ccccc21. The number of nitriles is 1. The first-order valence-electron chi connectivity index (χ1n) is 10.7. The first-order chi connectivity index (χ1) is 15.3. The van der Waals surface area contributed by atoms with Gasteiger partial charge in [-0.25, -0.2) is 9.78 Å². The first-order valence-corrected chi connectivity index (χ1v) is 10.7. The molecule has 31 heavy (non-hydrogen) atoms. The summed E-state index contributed by atoms with van der Waals surface area (Å²) >= 11 is 0. The van der Waals surface area contributed by atoms with Gasteiger partial charge in [-0.05, 0) is 37.5 Å². The summed E-state index contributed by atoms with van der Waals surface area (Å²) in [5.74, 6) is 0.816. The van der Waals surface area contributed by atoms with Gasteiger partial charge >= 0.3 is 5.69 Å². The number of nitrogens with zero attached hydrogens (tertiary/aromatic N) is 6. The number of rotatable bonds is 6. The molecule has 5 rings (SSSR count). The van der Waals surface area contributed by atoms with E-state index in [4.69, 9.17) is 15.0 Å². The minimum Gasteiger partial charge on any atom is -0.381 e. The average molecular weight is 416 g/mol. The minimum absolute atomic E-state index is 0.0365. The highest BCUT2D eigenvalue weighted by atomic mass is 16.5. The molecule has 1 saturated heterocycles. The maximum atomic E-state index is 13.6. The molecule has 4 heterocycles. The second-order valence-corrected chi connectivity index (χ2v) is 7.88. The number of ether oxygens (including phenoxy) is 1. The van der Waals surface area contributed by atoms with Crippen molar-refractivity contribution in [2.24, 2.45) is 0 Å². The molecule has 4 aromatic rings. The second-order valence-electron chi connectivity index (χ2n) is 7.88. The molecular formula is C23H24N6O2. The van der Waals surface area contributed by atoms with E-state index in [0.717, 1.165) is 47.2 Å². The van der Waals surface area contributed by atoms with E-state index in [1.165, 1.54) is 0 Å². The van der Waals surface area contributed by atoms with Gasteiger partial charge in [0.25, 0.3) is 0 Å². The highest BCUT2D eigenvalue weighted by Crippen LogP contribution is 2.25. The predicted molar refractivity (Wildman–Crippen MR) is 117 cm³/mol. The average Bonchev–Trinajstić information content (AvgIpc) is 3.30. The van der Waals surface area contributed by atoms with Gasteiger partial charge in [-0.2, -0.15) is 5.26 Å². The largest absolute Gasteiger partial charge is 0.381 e. The topological polar surface area (TPSA) is 90.7 Å². The van der Waals surface area contributed by atoms with Crippen LogP contribution in [0.2, 0.25) is 0 Å². The third-order valence-corrected chi connectivity index (χ3v) is 6.02. The van der Waals surface area contributed by atoms with Crippen molar-refractivity contribution in [3.05, 3.63) is 59.0 Å². The third-order valence-electron chi connectivity index (χ3n) is 6.02. The molecule has 1 fully saturated rings. The van der Waals surface area contributed by atoms with Crippen LogP contribution in [0.4, 0.5) is 0 Å². The molecule has 0 amide bonds. The van der Waals surface area contributed by atoms with Crippen LogP contribution in [0.1, 0.15) is 37.5 Å². The number of unbranched alkanes of at least 4 members (excludes halogenated alkanes) is 1. The van der Waals surface area contributed by atoms with E-state index >= 15 is 0 Å². The summed E-state index contributed by atoms with van der Waals surface area (Å²) in [4.78, 5) is 22.7. The predicted octanol–water partition coefficient (Wildman–Crippen LogP) is 3.25. The quantitative estimate of drug-likeness (QED) is 0.450. The number of imidazole rings is 2. The molecule has 0 N–H and O–H groups in total. The third kappa shape index (κ3) is 3.51. The van der Waals surface area contributed by atoms with Gasteiger partial charge < -0.3 is 9.30 Å². The smallest absolute Gasteiger partial charge is 0.329 e. The zero-order valence-electron chi connectivity index (χ0n) is 17.3. The van der Waals surface area contributed by atoms with Crippen LogP contribution in [0.5, 0.6) is 0 Å². The fourth-order valence-corrected chi connectivity index (χ4v) is 4.53. The zero-order chi connectivity index (χ0) is 21.2. The zero-order valence-corrected chi connectivity index (χ0v) is 17.3. The maximum Gasteiger partial charge on any atom is 0.329 e. The van der Waals surface area contributed by atoms with Crippen molar-refractivity contribution in [1.29, 1.82) is 5.26 Å². The highest BCUT2D eigenvalue weighted by Gasteiger charge is 2.24. The molecule has 0 radical (unpaired) electrons. The summed E-state index contributed by atoms with van der Waals surface area (Å²) in [6.45, 7) is 2.39. The minimum atomic E-state index is -0.0365. The first kappa shape index (κ1) is 19.5. The number of pyridine rings is 1. The van der Waals surface area contributed by atoms with Gasteiger partial charge in [-0.3, -0.25) is 14.1 Å². The van der Waals surface area contributed by atoms with Crippen molar-refractivity contribution < 1.29 is 4.74 Å². The number of aryl methyl sites for hydroxylation is 1. The number of benzene rings is 1. The van der Waals surface area contributed by atoms with Crippen LogP contribution in [-0.4, -0.2) is 36.9 Å².